The highest BCUT2D eigenvalue weighted by Crippen LogP contribution is 2.27. The molecular weight excluding hydrogens is 349 g/mol. The molecule has 3 rings (SSSR count). The van der Waals surface area contributed by atoms with Crippen LogP contribution in [-0.4, -0.2) is 38.7 Å². The molecule has 1 aliphatic heterocycles. The fourth-order valence-corrected chi connectivity index (χ4v) is 4.52. The van der Waals surface area contributed by atoms with Crippen LogP contribution in [0.3, 0.4) is 0 Å². The Morgan fingerprint density at radius 2 is 2.04 bits per heavy atom. The quantitative estimate of drug-likeness (QED) is 0.693. The van der Waals surface area contributed by atoms with Gasteiger partial charge in [0.05, 0.1) is 17.6 Å². The summed E-state index contributed by atoms with van der Waals surface area (Å²) in [6, 6.07) is 6.83. The number of hydrogen-bond donors (Lipinski definition) is 0. The Labute approximate surface area is 158 Å². The molecule has 4 nitrogen and oxygen atoms in total. The molecular formula is C20H26FN3OS. The SMILES string of the molecule is CC[C@H]1CCCCN1C(=O)CSc1ncc(-c2ccc(F)cc2)n1CC. The maximum Gasteiger partial charge on any atom is 0.233 e. The topological polar surface area (TPSA) is 38.1 Å². The lowest BCUT2D eigenvalue weighted by Gasteiger charge is -2.35. The van der Waals surface area contributed by atoms with Crippen LogP contribution in [0.4, 0.5) is 4.39 Å². The number of amides is 1. The van der Waals surface area contributed by atoms with E-state index in [2.05, 4.69) is 28.3 Å². The monoisotopic (exact) mass is 375 g/mol. The Kier molecular flexibility index (Phi) is 6.35. The molecule has 0 radical (unpaired) electrons. The number of thioether (sulfide) groups is 1. The normalized spacial score (nSPS) is 17.5. The zero-order valence-corrected chi connectivity index (χ0v) is 16.3. The van der Waals surface area contributed by atoms with Crippen LogP contribution in [0, 0.1) is 5.82 Å². The van der Waals surface area contributed by atoms with E-state index in [4.69, 9.17) is 0 Å². The van der Waals surface area contributed by atoms with Crippen LogP contribution < -0.4 is 0 Å². The summed E-state index contributed by atoms with van der Waals surface area (Å²) in [5, 5.41) is 0.838. The molecule has 2 heterocycles. The largest absolute Gasteiger partial charge is 0.339 e. The van der Waals surface area contributed by atoms with Gasteiger partial charge in [-0.25, -0.2) is 9.37 Å². The standard InChI is InChI=1S/C20H26FN3OS/c1-3-17-7-5-6-12-24(17)19(25)14-26-20-22-13-18(23(20)4-2)15-8-10-16(21)11-9-15/h8-11,13,17H,3-7,12,14H2,1-2H3/t17-/m0/s1. The van der Waals surface area contributed by atoms with Crippen LogP contribution in [0.25, 0.3) is 11.3 Å². The lowest BCUT2D eigenvalue weighted by molar-refractivity contribution is -0.132. The van der Waals surface area contributed by atoms with Crippen molar-refractivity contribution in [2.24, 2.45) is 0 Å². The fourth-order valence-electron chi connectivity index (χ4n) is 3.59. The zero-order valence-electron chi connectivity index (χ0n) is 15.4. The van der Waals surface area contributed by atoms with Gasteiger partial charge in [-0.15, -0.1) is 0 Å². The van der Waals surface area contributed by atoms with Crippen molar-refractivity contribution in [3.8, 4) is 11.3 Å². The summed E-state index contributed by atoms with van der Waals surface area (Å²) in [5.41, 5.74) is 1.88. The van der Waals surface area contributed by atoms with Crippen molar-refractivity contribution in [1.82, 2.24) is 14.5 Å². The molecule has 1 atom stereocenters. The van der Waals surface area contributed by atoms with Gasteiger partial charge in [0.25, 0.3) is 0 Å². The van der Waals surface area contributed by atoms with E-state index in [1.54, 1.807) is 18.3 Å². The van der Waals surface area contributed by atoms with Gasteiger partial charge >= 0.3 is 0 Å². The first-order valence-electron chi connectivity index (χ1n) is 9.37. The number of benzene rings is 1. The van der Waals surface area contributed by atoms with E-state index in [1.165, 1.54) is 30.3 Å². The van der Waals surface area contributed by atoms with Crippen LogP contribution in [0.15, 0.2) is 35.6 Å². The van der Waals surface area contributed by atoms with Gasteiger partial charge in [0.1, 0.15) is 5.82 Å². The Morgan fingerprint density at radius 1 is 1.27 bits per heavy atom. The molecule has 140 valence electrons. The highest BCUT2D eigenvalue weighted by molar-refractivity contribution is 7.99. The van der Waals surface area contributed by atoms with Gasteiger partial charge < -0.3 is 9.47 Å². The lowest BCUT2D eigenvalue weighted by Crippen LogP contribution is -2.44. The zero-order chi connectivity index (χ0) is 18.5. The Balaban J connectivity index is 1.70. The number of hydrogen-bond acceptors (Lipinski definition) is 3. The summed E-state index contributed by atoms with van der Waals surface area (Å²) in [6.45, 7) is 5.84. The van der Waals surface area contributed by atoms with Crippen molar-refractivity contribution in [2.75, 3.05) is 12.3 Å². The predicted molar refractivity (Wildman–Crippen MR) is 104 cm³/mol. The molecule has 1 amide bonds. The predicted octanol–water partition coefficient (Wildman–Crippen LogP) is 4.59. The number of imidazole rings is 1. The van der Waals surface area contributed by atoms with Gasteiger partial charge in [0.15, 0.2) is 5.16 Å². The molecule has 0 aliphatic carbocycles. The van der Waals surface area contributed by atoms with Crippen LogP contribution >= 0.6 is 11.8 Å². The van der Waals surface area contributed by atoms with Crippen molar-refractivity contribution in [1.29, 1.82) is 0 Å². The number of rotatable bonds is 6. The van der Waals surface area contributed by atoms with Crippen molar-refractivity contribution in [3.05, 3.63) is 36.3 Å². The molecule has 0 N–H and O–H groups in total. The lowest BCUT2D eigenvalue weighted by atomic mass is 10.0. The van der Waals surface area contributed by atoms with Crippen LogP contribution in [-0.2, 0) is 11.3 Å². The molecule has 2 aromatic rings. The Morgan fingerprint density at radius 3 is 2.73 bits per heavy atom. The number of nitrogens with zero attached hydrogens (tertiary/aromatic N) is 3. The average molecular weight is 376 g/mol. The summed E-state index contributed by atoms with van der Waals surface area (Å²) < 4.78 is 15.3. The number of likely N-dealkylation sites (tertiary alicyclic amines) is 1. The van der Waals surface area contributed by atoms with Crippen molar-refractivity contribution in [2.45, 2.75) is 57.3 Å². The van der Waals surface area contributed by atoms with Crippen LogP contribution in [0.1, 0.15) is 39.5 Å². The van der Waals surface area contributed by atoms with Crippen molar-refractivity contribution in [3.63, 3.8) is 0 Å². The Hall–Kier alpha value is -1.82. The minimum absolute atomic E-state index is 0.204. The number of halogens is 1. The molecule has 0 unspecified atom stereocenters. The first-order chi connectivity index (χ1) is 12.6. The summed E-state index contributed by atoms with van der Waals surface area (Å²) >= 11 is 1.49. The average Bonchev–Trinajstić information content (AvgIpc) is 3.09. The van der Waals surface area contributed by atoms with Crippen LogP contribution in [0.2, 0.25) is 0 Å². The smallest absolute Gasteiger partial charge is 0.233 e. The van der Waals surface area contributed by atoms with E-state index in [0.717, 1.165) is 48.8 Å². The summed E-state index contributed by atoms with van der Waals surface area (Å²) in [4.78, 5) is 19.2. The molecule has 1 aliphatic rings. The minimum atomic E-state index is -0.247. The fraction of sp³-hybridized carbons (Fsp3) is 0.500. The highest BCUT2D eigenvalue weighted by Gasteiger charge is 2.25. The third-order valence-electron chi connectivity index (χ3n) is 5.02. The van der Waals surface area contributed by atoms with E-state index >= 15 is 0 Å². The molecule has 1 fully saturated rings. The first kappa shape index (κ1) is 19.0. The molecule has 6 heteroatoms. The second-order valence-electron chi connectivity index (χ2n) is 6.61. The highest BCUT2D eigenvalue weighted by atomic mass is 32.2. The maximum absolute atomic E-state index is 13.2. The van der Waals surface area contributed by atoms with E-state index in [-0.39, 0.29) is 11.7 Å². The van der Waals surface area contributed by atoms with Crippen molar-refractivity contribution < 1.29 is 9.18 Å². The molecule has 1 aromatic heterocycles. The number of carbonyl (C=O) groups is 1. The van der Waals surface area contributed by atoms with E-state index in [0.29, 0.717) is 11.8 Å². The third kappa shape index (κ3) is 4.11. The van der Waals surface area contributed by atoms with Gasteiger partial charge in [-0.1, -0.05) is 18.7 Å². The molecule has 1 saturated heterocycles. The maximum atomic E-state index is 13.2. The second-order valence-corrected chi connectivity index (χ2v) is 7.55. The molecule has 0 spiro atoms. The van der Waals surface area contributed by atoms with Crippen molar-refractivity contribution >= 4 is 17.7 Å². The number of aromatic nitrogens is 2. The number of piperidine rings is 1. The van der Waals surface area contributed by atoms with E-state index in [9.17, 15) is 9.18 Å². The summed E-state index contributed by atoms with van der Waals surface area (Å²) in [7, 11) is 0. The van der Waals surface area contributed by atoms with Gasteiger partial charge in [-0.3, -0.25) is 4.79 Å². The van der Waals surface area contributed by atoms with Gasteiger partial charge in [0, 0.05) is 19.1 Å². The van der Waals surface area contributed by atoms with E-state index < -0.39 is 0 Å². The molecule has 0 bridgehead atoms. The molecule has 26 heavy (non-hydrogen) atoms. The second kappa shape index (κ2) is 8.71. The summed E-state index contributed by atoms with van der Waals surface area (Å²) in [5.74, 6) is 0.371. The van der Waals surface area contributed by atoms with E-state index in [1.807, 2.05) is 0 Å². The Bertz CT molecular complexity index is 744. The van der Waals surface area contributed by atoms with Gasteiger partial charge in [-0.2, -0.15) is 0 Å². The van der Waals surface area contributed by atoms with Gasteiger partial charge in [0.2, 0.25) is 5.91 Å². The van der Waals surface area contributed by atoms with Gasteiger partial charge in [-0.05, 0) is 62.4 Å². The minimum Gasteiger partial charge on any atom is -0.339 e. The van der Waals surface area contributed by atoms with Crippen LogP contribution in [0.5, 0.6) is 0 Å². The first-order valence-corrected chi connectivity index (χ1v) is 10.4. The molecule has 0 saturated carbocycles. The number of carbonyl (C=O) groups excluding carboxylic acids is 1. The molecule has 1 aromatic carbocycles. The third-order valence-corrected chi connectivity index (χ3v) is 5.99. The summed E-state index contributed by atoms with van der Waals surface area (Å²) in [6.07, 6.45) is 6.26.